The summed E-state index contributed by atoms with van der Waals surface area (Å²) in [5, 5.41) is 10.6. The molecule has 1 amide bonds. The van der Waals surface area contributed by atoms with E-state index in [1.54, 1.807) is 6.92 Å². The summed E-state index contributed by atoms with van der Waals surface area (Å²) < 4.78 is 12.4. The third-order valence-corrected chi connectivity index (χ3v) is 1.53. The Kier molecular flexibility index (Phi) is 2.79. The van der Waals surface area contributed by atoms with Gasteiger partial charge in [0.1, 0.15) is 5.82 Å². The fraction of sp³-hybridized carbons (Fsp3) is 0.250. The molecular weight excluding hydrogens is 175 g/mol. The standard InChI is InChI=1S/C8H9FN2O2/c1-5(11-8(12)13)7-3-2-6(9)4-10-7/h2-5,11H,1H3,(H,12,13). The number of nitrogens with one attached hydrogen (secondary N) is 1. The molecule has 0 aromatic carbocycles. The van der Waals surface area contributed by atoms with Crippen molar-refractivity contribution < 1.29 is 14.3 Å². The van der Waals surface area contributed by atoms with Gasteiger partial charge in [-0.15, -0.1) is 0 Å². The molecule has 5 heteroatoms. The molecule has 13 heavy (non-hydrogen) atoms. The number of aromatic nitrogens is 1. The number of halogens is 1. The smallest absolute Gasteiger partial charge is 0.405 e. The normalized spacial score (nSPS) is 12.2. The van der Waals surface area contributed by atoms with Crippen LogP contribution in [0.15, 0.2) is 18.3 Å². The zero-order valence-corrected chi connectivity index (χ0v) is 6.99. The van der Waals surface area contributed by atoms with Gasteiger partial charge in [-0.3, -0.25) is 4.98 Å². The summed E-state index contributed by atoms with van der Waals surface area (Å²) in [6.07, 6.45) is -0.0753. The first-order valence-corrected chi connectivity index (χ1v) is 3.70. The first-order chi connectivity index (χ1) is 6.09. The molecule has 0 saturated carbocycles. The maximum Gasteiger partial charge on any atom is 0.405 e. The van der Waals surface area contributed by atoms with Gasteiger partial charge in [0.05, 0.1) is 17.9 Å². The second-order valence-electron chi connectivity index (χ2n) is 2.57. The highest BCUT2D eigenvalue weighted by atomic mass is 19.1. The van der Waals surface area contributed by atoms with Crippen LogP contribution < -0.4 is 5.32 Å². The first kappa shape index (κ1) is 9.44. The van der Waals surface area contributed by atoms with Crippen LogP contribution in [-0.4, -0.2) is 16.2 Å². The summed E-state index contributed by atoms with van der Waals surface area (Å²) in [6, 6.07) is 2.25. The van der Waals surface area contributed by atoms with Gasteiger partial charge < -0.3 is 10.4 Å². The molecule has 0 fully saturated rings. The van der Waals surface area contributed by atoms with Crippen molar-refractivity contribution in [2.24, 2.45) is 0 Å². The molecule has 1 heterocycles. The van der Waals surface area contributed by atoms with Gasteiger partial charge >= 0.3 is 6.09 Å². The molecule has 70 valence electrons. The average Bonchev–Trinajstić information content (AvgIpc) is 2.04. The third kappa shape index (κ3) is 2.70. The largest absolute Gasteiger partial charge is 0.465 e. The van der Waals surface area contributed by atoms with Crippen molar-refractivity contribution in [2.75, 3.05) is 0 Å². The molecule has 1 aromatic rings. The van der Waals surface area contributed by atoms with Gasteiger partial charge in [-0.2, -0.15) is 0 Å². The van der Waals surface area contributed by atoms with E-state index in [1.807, 2.05) is 0 Å². The lowest BCUT2D eigenvalue weighted by molar-refractivity contribution is 0.190. The molecule has 0 aliphatic rings. The van der Waals surface area contributed by atoms with E-state index in [2.05, 4.69) is 10.3 Å². The van der Waals surface area contributed by atoms with Crippen molar-refractivity contribution in [3.05, 3.63) is 29.8 Å². The Labute approximate surface area is 74.4 Å². The van der Waals surface area contributed by atoms with Crippen LogP contribution in [0, 0.1) is 5.82 Å². The molecule has 2 N–H and O–H groups in total. The average molecular weight is 184 g/mol. The highest BCUT2D eigenvalue weighted by Gasteiger charge is 2.08. The first-order valence-electron chi connectivity index (χ1n) is 3.70. The maximum absolute atomic E-state index is 12.4. The summed E-state index contributed by atoms with van der Waals surface area (Å²) in [5.41, 5.74) is 0.490. The Hall–Kier alpha value is -1.65. The van der Waals surface area contributed by atoms with Crippen molar-refractivity contribution in [2.45, 2.75) is 13.0 Å². The van der Waals surface area contributed by atoms with Gasteiger partial charge in [0, 0.05) is 0 Å². The van der Waals surface area contributed by atoms with Crippen LogP contribution in [0.25, 0.3) is 0 Å². The predicted molar refractivity (Wildman–Crippen MR) is 43.8 cm³/mol. The summed E-state index contributed by atoms with van der Waals surface area (Å²) in [7, 11) is 0. The molecule has 1 atom stereocenters. The van der Waals surface area contributed by atoms with E-state index in [1.165, 1.54) is 12.1 Å². The molecule has 1 unspecified atom stereocenters. The second-order valence-corrected chi connectivity index (χ2v) is 2.57. The number of rotatable bonds is 2. The summed E-state index contributed by atoms with van der Waals surface area (Å²) >= 11 is 0. The highest BCUT2D eigenvalue weighted by molar-refractivity contribution is 5.64. The van der Waals surface area contributed by atoms with Gasteiger partial charge in [0.25, 0.3) is 0 Å². The molecule has 0 aliphatic heterocycles. The lowest BCUT2D eigenvalue weighted by atomic mass is 10.2. The summed E-state index contributed by atoms with van der Waals surface area (Å²) in [4.78, 5) is 14.0. The number of hydrogen-bond acceptors (Lipinski definition) is 2. The minimum absolute atomic E-state index is 0.432. The van der Waals surface area contributed by atoms with Gasteiger partial charge in [0.15, 0.2) is 0 Å². The summed E-state index contributed by atoms with van der Waals surface area (Å²) in [6.45, 7) is 1.63. The van der Waals surface area contributed by atoms with Crippen LogP contribution >= 0.6 is 0 Å². The Bertz CT molecular complexity index is 300. The topological polar surface area (TPSA) is 62.2 Å². The van der Waals surface area contributed by atoms with Crippen LogP contribution in [0.3, 0.4) is 0 Å². The molecule has 0 spiro atoms. The van der Waals surface area contributed by atoms with E-state index in [0.717, 1.165) is 6.20 Å². The van der Waals surface area contributed by atoms with Crippen molar-refractivity contribution in [3.8, 4) is 0 Å². The quantitative estimate of drug-likeness (QED) is 0.732. The minimum atomic E-state index is -1.13. The van der Waals surface area contributed by atoms with E-state index in [-0.39, 0.29) is 0 Å². The van der Waals surface area contributed by atoms with E-state index in [4.69, 9.17) is 5.11 Å². The van der Waals surface area contributed by atoms with Crippen LogP contribution in [0.2, 0.25) is 0 Å². The Balaban J connectivity index is 2.71. The Morgan fingerprint density at radius 2 is 2.38 bits per heavy atom. The van der Waals surface area contributed by atoms with Crippen molar-refractivity contribution in [1.29, 1.82) is 0 Å². The van der Waals surface area contributed by atoms with E-state index >= 15 is 0 Å². The van der Waals surface area contributed by atoms with Gasteiger partial charge in [-0.1, -0.05) is 0 Å². The fourth-order valence-electron chi connectivity index (χ4n) is 0.903. The Morgan fingerprint density at radius 3 is 2.85 bits per heavy atom. The van der Waals surface area contributed by atoms with Crippen LogP contribution in [0.4, 0.5) is 9.18 Å². The summed E-state index contributed by atoms with van der Waals surface area (Å²) in [5.74, 6) is -0.439. The number of pyridine rings is 1. The SMILES string of the molecule is CC(NC(=O)O)c1ccc(F)cn1. The molecule has 0 aliphatic carbocycles. The zero-order valence-electron chi connectivity index (χ0n) is 6.99. The van der Waals surface area contributed by atoms with E-state index in [0.29, 0.717) is 5.69 Å². The molecular formula is C8H9FN2O2. The predicted octanol–water partition coefficient (Wildman–Crippen LogP) is 1.55. The lowest BCUT2D eigenvalue weighted by Crippen LogP contribution is -2.25. The zero-order chi connectivity index (χ0) is 9.84. The van der Waals surface area contributed by atoms with Crippen molar-refractivity contribution in [1.82, 2.24) is 10.3 Å². The van der Waals surface area contributed by atoms with Crippen molar-refractivity contribution >= 4 is 6.09 Å². The van der Waals surface area contributed by atoms with E-state index in [9.17, 15) is 9.18 Å². The number of carbonyl (C=O) groups is 1. The molecule has 0 saturated heterocycles. The fourth-order valence-corrected chi connectivity index (χ4v) is 0.903. The highest BCUT2D eigenvalue weighted by Crippen LogP contribution is 2.08. The van der Waals surface area contributed by atoms with Gasteiger partial charge in [-0.05, 0) is 19.1 Å². The molecule has 0 radical (unpaired) electrons. The maximum atomic E-state index is 12.4. The van der Waals surface area contributed by atoms with Crippen molar-refractivity contribution in [3.63, 3.8) is 0 Å². The molecule has 1 rings (SSSR count). The van der Waals surface area contributed by atoms with Gasteiger partial charge in [-0.25, -0.2) is 9.18 Å². The Morgan fingerprint density at radius 1 is 1.69 bits per heavy atom. The third-order valence-electron chi connectivity index (χ3n) is 1.53. The monoisotopic (exact) mass is 184 g/mol. The number of carboxylic acid groups (broad SMARTS) is 1. The number of nitrogens with zero attached hydrogens (tertiary/aromatic N) is 1. The van der Waals surface area contributed by atoms with Crippen LogP contribution in [0.5, 0.6) is 0 Å². The number of amides is 1. The second kappa shape index (κ2) is 3.84. The minimum Gasteiger partial charge on any atom is -0.465 e. The number of hydrogen-bond donors (Lipinski definition) is 2. The van der Waals surface area contributed by atoms with Crippen LogP contribution in [0.1, 0.15) is 18.7 Å². The lowest BCUT2D eigenvalue weighted by Gasteiger charge is -2.09. The molecule has 4 nitrogen and oxygen atoms in total. The molecule has 0 bridgehead atoms. The van der Waals surface area contributed by atoms with Crippen LogP contribution in [-0.2, 0) is 0 Å². The molecule has 1 aromatic heterocycles. The van der Waals surface area contributed by atoms with E-state index < -0.39 is 18.0 Å². The van der Waals surface area contributed by atoms with Gasteiger partial charge in [0.2, 0.25) is 0 Å².